The average Bonchev–Trinajstić information content (AvgIpc) is 3.39. The van der Waals surface area contributed by atoms with Crippen LogP contribution in [0.4, 0.5) is 5.82 Å². The number of hydrogen-bond donors (Lipinski definition) is 4. The maximum Gasteiger partial charge on any atom is 0.269 e. The van der Waals surface area contributed by atoms with E-state index in [2.05, 4.69) is 27.5 Å². The first-order valence-corrected chi connectivity index (χ1v) is 10.5. The first-order valence-electron chi connectivity index (χ1n) is 10.5. The van der Waals surface area contributed by atoms with Gasteiger partial charge in [-0.3, -0.25) is 4.79 Å². The molecule has 3 aromatic heterocycles. The molecule has 31 heavy (non-hydrogen) atoms. The number of pyridine rings is 2. The highest BCUT2D eigenvalue weighted by molar-refractivity contribution is 5.92. The zero-order chi connectivity index (χ0) is 21.5. The molecule has 3 aromatic rings. The number of carbonyl (C=O) groups excluding carboxylic acids is 1. The summed E-state index contributed by atoms with van der Waals surface area (Å²) < 4.78 is 2.02. The fourth-order valence-corrected chi connectivity index (χ4v) is 4.22. The second-order valence-corrected chi connectivity index (χ2v) is 8.32. The normalized spacial score (nSPS) is 18.2. The van der Waals surface area contributed by atoms with Crippen molar-refractivity contribution in [2.75, 3.05) is 5.73 Å². The van der Waals surface area contributed by atoms with Gasteiger partial charge in [0.05, 0.1) is 18.3 Å². The Morgan fingerprint density at radius 2 is 2.10 bits per heavy atom. The second kappa shape index (κ2) is 7.59. The van der Waals surface area contributed by atoms with Crippen molar-refractivity contribution in [1.29, 1.82) is 0 Å². The van der Waals surface area contributed by atoms with Crippen LogP contribution in [0.5, 0.6) is 0 Å². The molecule has 0 spiro atoms. The van der Waals surface area contributed by atoms with Crippen LogP contribution in [-0.4, -0.2) is 25.3 Å². The Morgan fingerprint density at radius 1 is 1.26 bits per heavy atom. The van der Waals surface area contributed by atoms with Crippen molar-refractivity contribution in [2.24, 2.45) is 11.6 Å². The van der Waals surface area contributed by atoms with Crippen LogP contribution in [0.25, 0.3) is 5.65 Å². The number of hydrogen-bond acceptors (Lipinski definition) is 7. The van der Waals surface area contributed by atoms with Crippen LogP contribution in [-0.2, 0) is 17.8 Å². The van der Waals surface area contributed by atoms with Gasteiger partial charge in [-0.25, -0.2) is 15.8 Å². The number of aromatic nitrogens is 3. The topological polar surface area (TPSA) is 141 Å². The highest BCUT2D eigenvalue weighted by Crippen LogP contribution is 2.39. The lowest BCUT2D eigenvalue weighted by Crippen LogP contribution is -2.34. The number of anilines is 1. The van der Waals surface area contributed by atoms with Gasteiger partial charge in [0, 0.05) is 24.8 Å². The smallest absolute Gasteiger partial charge is 0.269 e. The molecule has 3 heterocycles. The molecule has 9 nitrogen and oxygen atoms in total. The number of fused-ring (bicyclic) bond motifs is 2. The highest BCUT2D eigenvalue weighted by atomic mass is 16.2. The van der Waals surface area contributed by atoms with Crippen molar-refractivity contribution in [1.82, 2.24) is 24.7 Å². The van der Waals surface area contributed by atoms with E-state index in [9.17, 15) is 4.79 Å². The molecule has 2 aliphatic rings. The molecule has 9 heteroatoms. The van der Waals surface area contributed by atoms with Gasteiger partial charge < -0.3 is 26.2 Å². The van der Waals surface area contributed by atoms with E-state index < -0.39 is 0 Å². The van der Waals surface area contributed by atoms with E-state index in [1.807, 2.05) is 22.7 Å². The fourth-order valence-electron chi connectivity index (χ4n) is 4.22. The second-order valence-electron chi connectivity index (χ2n) is 8.32. The molecule has 0 saturated heterocycles. The van der Waals surface area contributed by atoms with E-state index in [1.165, 1.54) is 29.6 Å². The maximum atomic E-state index is 12.6. The summed E-state index contributed by atoms with van der Waals surface area (Å²) in [6, 6.07) is 5.91. The van der Waals surface area contributed by atoms with Crippen LogP contribution in [0, 0.1) is 0 Å². The Balaban J connectivity index is 1.23. The molecular formula is C22H26N8O. The molecule has 1 amide bonds. The van der Waals surface area contributed by atoms with Crippen molar-refractivity contribution >= 4 is 17.4 Å². The molecule has 7 N–H and O–H groups in total. The number of nitrogens with one attached hydrogen (secondary N) is 1. The fraction of sp³-hybridized carbons (Fsp3) is 0.318. The van der Waals surface area contributed by atoms with Crippen LogP contribution in [0.1, 0.15) is 53.6 Å². The third-order valence-electron chi connectivity index (χ3n) is 5.97. The van der Waals surface area contributed by atoms with Crippen molar-refractivity contribution in [2.45, 2.75) is 44.2 Å². The summed E-state index contributed by atoms with van der Waals surface area (Å²) in [7, 11) is 0. The molecular weight excluding hydrogens is 392 g/mol. The Hall–Kier alpha value is -3.59. The summed E-state index contributed by atoms with van der Waals surface area (Å²) in [6.07, 6.45) is 11.2. The van der Waals surface area contributed by atoms with Gasteiger partial charge in [-0.05, 0) is 60.4 Å². The number of amides is 1. The van der Waals surface area contributed by atoms with E-state index in [1.54, 1.807) is 6.20 Å². The number of nitrogens with zero attached hydrogens (tertiary/aromatic N) is 4. The molecule has 1 atom stereocenters. The van der Waals surface area contributed by atoms with E-state index in [0.29, 0.717) is 18.3 Å². The SMILES string of the molecule is N/C(=C\N(N)Cc1cn2cc(C3CC3)ccc2n1)C(=O)NC1CCc2c1ccnc2N. The zero-order valence-corrected chi connectivity index (χ0v) is 17.2. The minimum Gasteiger partial charge on any atom is -0.393 e. The Bertz CT molecular complexity index is 1180. The van der Waals surface area contributed by atoms with Crippen molar-refractivity contribution in [3.8, 4) is 0 Å². The summed E-state index contributed by atoms with van der Waals surface area (Å²) in [5.41, 5.74) is 17.0. The van der Waals surface area contributed by atoms with Gasteiger partial charge >= 0.3 is 0 Å². The number of imidazole rings is 1. The lowest BCUT2D eigenvalue weighted by Gasteiger charge is -2.16. The van der Waals surface area contributed by atoms with Gasteiger partial charge in [0.2, 0.25) is 0 Å². The summed E-state index contributed by atoms with van der Waals surface area (Å²) in [4.78, 5) is 21.3. The molecule has 0 aliphatic heterocycles. The minimum atomic E-state index is -0.368. The van der Waals surface area contributed by atoms with E-state index >= 15 is 0 Å². The van der Waals surface area contributed by atoms with Gasteiger partial charge in [0.1, 0.15) is 17.2 Å². The van der Waals surface area contributed by atoms with E-state index in [0.717, 1.165) is 35.3 Å². The molecule has 0 radical (unpaired) electrons. The standard InChI is InChI=1S/C22H26N8O/c23-18(22(31)28-19-5-4-17-16(19)7-8-26-21(17)24)12-30(25)11-15-10-29-9-14(13-1-2-13)3-6-20(29)27-15/h3,6-10,12-13,19H,1-2,4-5,11,23,25H2,(H2,24,26)(H,28,31)/b18-12-. The first kappa shape index (κ1) is 19.4. The Kier molecular flexibility index (Phi) is 4.74. The number of nitrogen functional groups attached to an aromatic ring is 1. The zero-order valence-electron chi connectivity index (χ0n) is 17.2. The number of hydrazine groups is 1. The highest BCUT2D eigenvalue weighted by Gasteiger charge is 2.26. The van der Waals surface area contributed by atoms with Crippen LogP contribution in [0.2, 0.25) is 0 Å². The van der Waals surface area contributed by atoms with Gasteiger partial charge in [0.15, 0.2) is 0 Å². The molecule has 1 saturated carbocycles. The predicted octanol–water partition coefficient (Wildman–Crippen LogP) is 1.47. The number of rotatable bonds is 6. The predicted molar refractivity (Wildman–Crippen MR) is 117 cm³/mol. The lowest BCUT2D eigenvalue weighted by molar-refractivity contribution is -0.118. The molecule has 0 aromatic carbocycles. The van der Waals surface area contributed by atoms with Gasteiger partial charge in [-0.1, -0.05) is 6.07 Å². The Labute approximate surface area is 179 Å². The number of carbonyl (C=O) groups is 1. The van der Waals surface area contributed by atoms with Crippen molar-refractivity contribution < 1.29 is 4.79 Å². The van der Waals surface area contributed by atoms with Crippen LogP contribution in [0.3, 0.4) is 0 Å². The number of nitrogens with two attached hydrogens (primary N) is 3. The van der Waals surface area contributed by atoms with Gasteiger partial charge in [-0.2, -0.15) is 0 Å². The van der Waals surface area contributed by atoms with Crippen molar-refractivity contribution in [3.05, 3.63) is 71.1 Å². The largest absolute Gasteiger partial charge is 0.393 e. The van der Waals surface area contributed by atoms with Crippen LogP contribution in [0.15, 0.2) is 48.7 Å². The molecule has 160 valence electrons. The third kappa shape index (κ3) is 3.91. The average molecular weight is 419 g/mol. The molecule has 1 unspecified atom stereocenters. The molecule has 2 aliphatic carbocycles. The molecule has 1 fully saturated rings. The van der Waals surface area contributed by atoms with Crippen LogP contribution >= 0.6 is 0 Å². The maximum absolute atomic E-state index is 12.6. The summed E-state index contributed by atoms with van der Waals surface area (Å²) >= 11 is 0. The summed E-state index contributed by atoms with van der Waals surface area (Å²) in [6.45, 7) is 0.336. The van der Waals surface area contributed by atoms with E-state index in [4.69, 9.17) is 17.3 Å². The van der Waals surface area contributed by atoms with E-state index in [-0.39, 0.29) is 17.6 Å². The summed E-state index contributed by atoms with van der Waals surface area (Å²) in [5, 5.41) is 4.34. The van der Waals surface area contributed by atoms with Crippen LogP contribution < -0.4 is 22.6 Å². The van der Waals surface area contributed by atoms with Gasteiger partial charge in [0.25, 0.3) is 5.91 Å². The first-order chi connectivity index (χ1) is 15.0. The molecule has 5 rings (SSSR count). The minimum absolute atomic E-state index is 0.0396. The molecule has 0 bridgehead atoms. The monoisotopic (exact) mass is 418 g/mol. The quantitative estimate of drug-likeness (QED) is 0.270. The Morgan fingerprint density at radius 3 is 2.90 bits per heavy atom. The summed E-state index contributed by atoms with van der Waals surface area (Å²) in [5.74, 6) is 6.91. The lowest BCUT2D eigenvalue weighted by atomic mass is 10.1. The third-order valence-corrected chi connectivity index (χ3v) is 5.97. The van der Waals surface area contributed by atoms with Crippen molar-refractivity contribution in [3.63, 3.8) is 0 Å². The van der Waals surface area contributed by atoms with Gasteiger partial charge in [-0.15, -0.1) is 0 Å².